The van der Waals surface area contributed by atoms with Crippen molar-refractivity contribution < 1.29 is 39.6 Å². The highest BCUT2D eigenvalue weighted by molar-refractivity contribution is 5.94. The molecule has 6 rings (SSSR count). The van der Waals surface area contributed by atoms with E-state index in [1.165, 1.54) is 58.7 Å². The van der Waals surface area contributed by atoms with Gasteiger partial charge in [-0.25, -0.2) is 19.2 Å². The summed E-state index contributed by atoms with van der Waals surface area (Å²) < 4.78 is 0. The summed E-state index contributed by atoms with van der Waals surface area (Å²) >= 11 is 0. The standard InChI is InChI=1S/2C12H12N2.2C8H6O4/c2*1(11-3-7-13-8-4-11)2-12-5-9-14-10-6-12;2*9-7(10)5-2-1-3-6(4-5)8(11)12/h2*3-10H,1-2H2;2*1-4H,(H,9,10)(H,11,12). The molecule has 0 amide bonds. The molecule has 12 heteroatoms. The van der Waals surface area contributed by atoms with E-state index in [2.05, 4.69) is 68.5 Å². The number of carboxylic acid groups (broad SMARTS) is 4. The Kier molecular flexibility index (Phi) is 16.5. The molecular weight excluding hydrogens is 664 g/mol. The summed E-state index contributed by atoms with van der Waals surface area (Å²) in [5.41, 5.74) is 5.25. The number of carbonyl (C=O) groups is 4. The second-order valence-corrected chi connectivity index (χ2v) is 10.8. The Morgan fingerprint density at radius 2 is 0.538 bits per heavy atom. The molecule has 0 aliphatic carbocycles. The molecule has 52 heavy (non-hydrogen) atoms. The van der Waals surface area contributed by atoms with Crippen LogP contribution in [0.15, 0.2) is 147 Å². The van der Waals surface area contributed by atoms with Crippen LogP contribution in [0, 0.1) is 0 Å². The van der Waals surface area contributed by atoms with Crippen LogP contribution in [0.1, 0.15) is 63.7 Å². The molecule has 0 aliphatic rings. The lowest BCUT2D eigenvalue weighted by Crippen LogP contribution is -2.01. The molecule has 12 nitrogen and oxygen atoms in total. The second-order valence-electron chi connectivity index (χ2n) is 10.8. The minimum absolute atomic E-state index is 0.0186. The fourth-order valence-electron chi connectivity index (χ4n) is 4.35. The molecule has 264 valence electrons. The molecule has 0 fully saturated rings. The molecule has 4 heterocycles. The van der Waals surface area contributed by atoms with Gasteiger partial charge in [-0.1, -0.05) is 12.1 Å². The maximum absolute atomic E-state index is 10.4. The molecule has 0 saturated heterocycles. The Balaban J connectivity index is 0.000000188. The van der Waals surface area contributed by atoms with Crippen molar-refractivity contribution in [3.8, 4) is 0 Å². The van der Waals surface area contributed by atoms with Gasteiger partial charge in [0, 0.05) is 49.6 Å². The third-order valence-electron chi connectivity index (χ3n) is 7.12. The van der Waals surface area contributed by atoms with E-state index in [9.17, 15) is 19.2 Å². The first kappa shape index (κ1) is 39.4. The van der Waals surface area contributed by atoms with Crippen molar-refractivity contribution in [3.63, 3.8) is 0 Å². The Morgan fingerprint density at radius 1 is 0.346 bits per heavy atom. The fourth-order valence-corrected chi connectivity index (χ4v) is 4.35. The van der Waals surface area contributed by atoms with Gasteiger partial charge >= 0.3 is 23.9 Å². The molecule has 0 spiro atoms. The Labute approximate surface area is 299 Å². The number of nitrogens with zero attached hydrogens (tertiary/aromatic N) is 4. The maximum Gasteiger partial charge on any atom is 0.335 e. The monoisotopic (exact) mass is 700 g/mol. The first-order chi connectivity index (χ1) is 25.1. The summed E-state index contributed by atoms with van der Waals surface area (Å²) in [7, 11) is 0. The second kappa shape index (κ2) is 21.8. The summed E-state index contributed by atoms with van der Waals surface area (Å²) in [5, 5.41) is 34.0. The summed E-state index contributed by atoms with van der Waals surface area (Å²) in [4.78, 5) is 57.5. The lowest BCUT2D eigenvalue weighted by Gasteiger charge is -2.00. The predicted molar refractivity (Wildman–Crippen MR) is 192 cm³/mol. The molecule has 0 unspecified atom stereocenters. The van der Waals surface area contributed by atoms with Crippen molar-refractivity contribution in [1.29, 1.82) is 0 Å². The minimum Gasteiger partial charge on any atom is -0.478 e. The fraction of sp³-hybridized carbons (Fsp3) is 0.100. The predicted octanol–water partition coefficient (Wildman–Crippen LogP) is 6.69. The minimum atomic E-state index is -1.13. The largest absolute Gasteiger partial charge is 0.478 e. The van der Waals surface area contributed by atoms with Crippen LogP contribution in [0.4, 0.5) is 0 Å². The molecular formula is C40H36N4O8. The number of carboxylic acids is 4. The van der Waals surface area contributed by atoms with Crippen LogP contribution in [-0.4, -0.2) is 64.2 Å². The van der Waals surface area contributed by atoms with Crippen LogP contribution in [0.5, 0.6) is 0 Å². The summed E-state index contributed by atoms with van der Waals surface area (Å²) in [6.07, 6.45) is 18.9. The van der Waals surface area contributed by atoms with Gasteiger partial charge in [0.05, 0.1) is 22.3 Å². The van der Waals surface area contributed by atoms with Gasteiger partial charge in [-0.15, -0.1) is 0 Å². The quantitative estimate of drug-likeness (QED) is 0.118. The SMILES string of the molecule is O=C(O)c1cccc(C(=O)O)c1.O=C(O)c1cccc(C(=O)O)c1.c1cc(CCc2ccncc2)ccn1.c1cc(CCc2ccncc2)ccn1. The molecule has 4 aromatic heterocycles. The number of pyridine rings is 4. The van der Waals surface area contributed by atoms with Gasteiger partial charge < -0.3 is 20.4 Å². The number of aryl methyl sites for hydroxylation is 4. The highest BCUT2D eigenvalue weighted by Crippen LogP contribution is 2.07. The average molecular weight is 701 g/mol. The van der Waals surface area contributed by atoms with E-state index in [1.807, 2.05) is 49.6 Å². The maximum atomic E-state index is 10.4. The number of aromatic nitrogens is 4. The highest BCUT2D eigenvalue weighted by Gasteiger charge is 2.08. The van der Waals surface area contributed by atoms with E-state index < -0.39 is 23.9 Å². The molecule has 0 bridgehead atoms. The highest BCUT2D eigenvalue weighted by atomic mass is 16.4. The third kappa shape index (κ3) is 15.0. The van der Waals surface area contributed by atoms with Gasteiger partial charge in [-0.05, 0) is 133 Å². The number of hydrogen-bond acceptors (Lipinski definition) is 8. The lowest BCUT2D eigenvalue weighted by atomic mass is 10.1. The lowest BCUT2D eigenvalue weighted by molar-refractivity contribution is 0.0676. The van der Waals surface area contributed by atoms with E-state index >= 15 is 0 Å². The summed E-state index contributed by atoms with van der Waals surface area (Å²) in [5.74, 6) is -4.51. The van der Waals surface area contributed by atoms with Crippen molar-refractivity contribution in [2.45, 2.75) is 25.7 Å². The first-order valence-electron chi connectivity index (χ1n) is 15.8. The van der Waals surface area contributed by atoms with Crippen molar-refractivity contribution >= 4 is 23.9 Å². The molecule has 6 aromatic rings. The number of rotatable bonds is 10. The first-order valence-corrected chi connectivity index (χ1v) is 15.8. The van der Waals surface area contributed by atoms with E-state index in [0.717, 1.165) is 37.8 Å². The number of hydrogen-bond donors (Lipinski definition) is 4. The van der Waals surface area contributed by atoms with Crippen molar-refractivity contribution in [2.24, 2.45) is 0 Å². The Hall–Kier alpha value is -7.08. The van der Waals surface area contributed by atoms with Crippen LogP contribution in [0.25, 0.3) is 0 Å². The van der Waals surface area contributed by atoms with E-state index in [4.69, 9.17) is 20.4 Å². The normalized spacial score (nSPS) is 9.69. The van der Waals surface area contributed by atoms with Crippen LogP contribution in [0.3, 0.4) is 0 Å². The molecule has 4 N–H and O–H groups in total. The zero-order chi connectivity index (χ0) is 37.6. The van der Waals surface area contributed by atoms with Gasteiger partial charge in [-0.2, -0.15) is 0 Å². The van der Waals surface area contributed by atoms with Crippen LogP contribution in [-0.2, 0) is 25.7 Å². The van der Waals surface area contributed by atoms with E-state index in [0.29, 0.717) is 0 Å². The Bertz CT molecular complexity index is 1710. The molecule has 2 aromatic carbocycles. The van der Waals surface area contributed by atoms with Gasteiger partial charge in [0.25, 0.3) is 0 Å². The Morgan fingerprint density at radius 3 is 0.712 bits per heavy atom. The van der Waals surface area contributed by atoms with Gasteiger partial charge in [-0.3, -0.25) is 19.9 Å². The van der Waals surface area contributed by atoms with Gasteiger partial charge in [0.1, 0.15) is 0 Å². The van der Waals surface area contributed by atoms with E-state index in [1.54, 1.807) is 0 Å². The molecule has 0 aliphatic heterocycles. The van der Waals surface area contributed by atoms with E-state index in [-0.39, 0.29) is 22.3 Å². The average Bonchev–Trinajstić information content (AvgIpc) is 3.19. The molecule has 0 atom stereocenters. The van der Waals surface area contributed by atoms with Gasteiger partial charge in [0.2, 0.25) is 0 Å². The van der Waals surface area contributed by atoms with Crippen LogP contribution < -0.4 is 0 Å². The molecule has 0 radical (unpaired) electrons. The smallest absolute Gasteiger partial charge is 0.335 e. The van der Waals surface area contributed by atoms with Crippen LogP contribution in [0.2, 0.25) is 0 Å². The van der Waals surface area contributed by atoms with Crippen molar-refractivity contribution in [1.82, 2.24) is 19.9 Å². The molecule has 0 saturated carbocycles. The summed E-state index contributed by atoms with van der Waals surface area (Å²) in [6, 6.07) is 26.8. The number of aromatic carboxylic acids is 4. The van der Waals surface area contributed by atoms with Crippen molar-refractivity contribution in [2.75, 3.05) is 0 Å². The third-order valence-corrected chi connectivity index (χ3v) is 7.12. The zero-order valence-corrected chi connectivity index (χ0v) is 27.9. The topological polar surface area (TPSA) is 201 Å². The summed E-state index contributed by atoms with van der Waals surface area (Å²) in [6.45, 7) is 0. The number of benzene rings is 2. The zero-order valence-electron chi connectivity index (χ0n) is 27.9. The van der Waals surface area contributed by atoms with Gasteiger partial charge in [0.15, 0.2) is 0 Å². The van der Waals surface area contributed by atoms with Crippen molar-refractivity contribution in [3.05, 3.63) is 191 Å². The van der Waals surface area contributed by atoms with Crippen LogP contribution >= 0.6 is 0 Å².